The first kappa shape index (κ1) is 14.8. The van der Waals surface area contributed by atoms with Crippen molar-refractivity contribution in [3.63, 3.8) is 0 Å². The number of hydrogen-bond donors (Lipinski definition) is 1. The molecule has 104 valence electrons. The van der Waals surface area contributed by atoms with E-state index < -0.39 is 0 Å². The molecule has 1 aromatic carbocycles. The van der Waals surface area contributed by atoms with Crippen molar-refractivity contribution in [2.24, 2.45) is 0 Å². The molecule has 0 aliphatic heterocycles. The third kappa shape index (κ3) is 2.79. The zero-order valence-electron chi connectivity index (χ0n) is 11.0. The van der Waals surface area contributed by atoms with Gasteiger partial charge >= 0.3 is 0 Å². The van der Waals surface area contributed by atoms with Crippen LogP contribution in [0.4, 0.5) is 5.69 Å². The highest BCUT2D eigenvalue weighted by molar-refractivity contribution is 9.10. The number of rotatable bonds is 4. The van der Waals surface area contributed by atoms with Gasteiger partial charge in [-0.3, -0.25) is 4.79 Å². The topological polar surface area (TPSA) is 70.1 Å². The lowest BCUT2D eigenvalue weighted by atomic mass is 10.2. The van der Waals surface area contributed by atoms with Crippen LogP contribution < -0.4 is 5.73 Å². The van der Waals surface area contributed by atoms with Crippen molar-refractivity contribution in [1.82, 2.24) is 4.90 Å². The van der Waals surface area contributed by atoms with E-state index in [9.17, 15) is 4.79 Å². The molecule has 1 amide bonds. The molecule has 0 atom stereocenters. The van der Waals surface area contributed by atoms with Gasteiger partial charge in [0, 0.05) is 27.6 Å². The van der Waals surface area contributed by atoms with E-state index in [2.05, 4.69) is 22.0 Å². The first-order chi connectivity index (χ1) is 9.58. The van der Waals surface area contributed by atoms with Crippen LogP contribution in [0.3, 0.4) is 0 Å². The van der Waals surface area contributed by atoms with E-state index in [-0.39, 0.29) is 5.91 Å². The fourth-order valence-electron chi connectivity index (χ4n) is 1.98. The van der Waals surface area contributed by atoms with Gasteiger partial charge in [-0.05, 0) is 25.1 Å². The van der Waals surface area contributed by atoms with Gasteiger partial charge in [-0.25, -0.2) is 0 Å². The summed E-state index contributed by atoms with van der Waals surface area (Å²) < 4.78 is 1.93. The number of anilines is 1. The molecule has 2 aromatic rings. The van der Waals surface area contributed by atoms with Gasteiger partial charge in [0.15, 0.2) is 0 Å². The number of nitrogens with two attached hydrogens (primary N) is 1. The van der Waals surface area contributed by atoms with Crippen LogP contribution in [0.2, 0.25) is 0 Å². The summed E-state index contributed by atoms with van der Waals surface area (Å²) in [6.07, 6.45) is 0.329. The molecule has 20 heavy (non-hydrogen) atoms. The van der Waals surface area contributed by atoms with Crippen molar-refractivity contribution in [2.75, 3.05) is 18.8 Å². The molecule has 0 bridgehead atoms. The molecule has 0 saturated heterocycles. The molecule has 0 aliphatic carbocycles. The number of nitriles is 1. The van der Waals surface area contributed by atoms with Crippen LogP contribution in [0.25, 0.3) is 10.1 Å². The van der Waals surface area contributed by atoms with E-state index in [1.165, 1.54) is 11.3 Å². The lowest BCUT2D eigenvalue weighted by molar-refractivity contribution is 0.0773. The molecule has 0 spiro atoms. The fraction of sp³-hybridized carbons (Fsp3) is 0.286. The Hall–Kier alpha value is -1.58. The summed E-state index contributed by atoms with van der Waals surface area (Å²) in [4.78, 5) is 14.7. The molecule has 2 rings (SSSR count). The number of benzene rings is 1. The Bertz CT molecular complexity index is 690. The molecule has 2 N–H and O–H groups in total. The number of nitrogens with zero attached hydrogens (tertiary/aromatic N) is 2. The zero-order valence-corrected chi connectivity index (χ0v) is 13.4. The SMILES string of the molecule is CCN(CCC#N)C(=O)c1sc2ccc(Br)cc2c1N. The molecule has 0 saturated carbocycles. The summed E-state index contributed by atoms with van der Waals surface area (Å²) in [5.41, 5.74) is 6.63. The average Bonchev–Trinajstić information content (AvgIpc) is 2.76. The minimum Gasteiger partial charge on any atom is -0.397 e. The number of carbonyl (C=O) groups is 1. The van der Waals surface area contributed by atoms with Gasteiger partial charge in [0.1, 0.15) is 4.88 Å². The van der Waals surface area contributed by atoms with Crippen molar-refractivity contribution in [3.8, 4) is 6.07 Å². The third-order valence-electron chi connectivity index (χ3n) is 3.05. The summed E-state index contributed by atoms with van der Waals surface area (Å²) >= 11 is 4.81. The van der Waals surface area contributed by atoms with Crippen molar-refractivity contribution in [2.45, 2.75) is 13.3 Å². The fourth-order valence-corrected chi connectivity index (χ4v) is 3.41. The van der Waals surface area contributed by atoms with Crippen LogP contribution in [0.5, 0.6) is 0 Å². The lowest BCUT2D eigenvalue weighted by Gasteiger charge is -2.18. The maximum atomic E-state index is 12.5. The van der Waals surface area contributed by atoms with Gasteiger partial charge in [0.25, 0.3) is 5.91 Å². The minimum absolute atomic E-state index is 0.0995. The van der Waals surface area contributed by atoms with Gasteiger partial charge in [-0.15, -0.1) is 11.3 Å². The van der Waals surface area contributed by atoms with Crippen LogP contribution >= 0.6 is 27.3 Å². The molecular formula is C14H14BrN3OS. The molecular weight excluding hydrogens is 338 g/mol. The van der Waals surface area contributed by atoms with E-state index in [4.69, 9.17) is 11.0 Å². The predicted octanol–water partition coefficient (Wildman–Crippen LogP) is 3.62. The van der Waals surface area contributed by atoms with Crippen molar-refractivity contribution in [3.05, 3.63) is 27.5 Å². The van der Waals surface area contributed by atoms with Crippen LogP contribution in [-0.2, 0) is 0 Å². The van der Waals surface area contributed by atoms with Gasteiger partial charge in [0.05, 0.1) is 18.2 Å². The minimum atomic E-state index is -0.0995. The van der Waals surface area contributed by atoms with Crippen molar-refractivity contribution < 1.29 is 4.79 Å². The van der Waals surface area contributed by atoms with Crippen LogP contribution in [0, 0.1) is 11.3 Å². The number of halogens is 1. The first-order valence-electron chi connectivity index (χ1n) is 6.22. The number of carbonyl (C=O) groups excluding carboxylic acids is 1. The number of amides is 1. The van der Waals surface area contributed by atoms with Crippen molar-refractivity contribution >= 4 is 48.9 Å². The van der Waals surface area contributed by atoms with Crippen LogP contribution in [0.15, 0.2) is 22.7 Å². The van der Waals surface area contributed by atoms with E-state index >= 15 is 0 Å². The lowest BCUT2D eigenvalue weighted by Crippen LogP contribution is -2.31. The molecule has 0 radical (unpaired) electrons. The highest BCUT2D eigenvalue weighted by Crippen LogP contribution is 2.36. The monoisotopic (exact) mass is 351 g/mol. The maximum absolute atomic E-state index is 12.5. The highest BCUT2D eigenvalue weighted by Gasteiger charge is 2.21. The molecule has 0 unspecified atom stereocenters. The van der Waals surface area contributed by atoms with Gasteiger partial charge in [0.2, 0.25) is 0 Å². The van der Waals surface area contributed by atoms with Gasteiger partial charge in [-0.1, -0.05) is 15.9 Å². The van der Waals surface area contributed by atoms with Crippen LogP contribution in [-0.4, -0.2) is 23.9 Å². The zero-order chi connectivity index (χ0) is 14.7. The Morgan fingerprint density at radius 3 is 2.95 bits per heavy atom. The smallest absolute Gasteiger partial charge is 0.266 e. The summed E-state index contributed by atoms with van der Waals surface area (Å²) in [5.74, 6) is -0.0995. The Labute approximate surface area is 129 Å². The average molecular weight is 352 g/mol. The van der Waals surface area contributed by atoms with Gasteiger partial charge < -0.3 is 10.6 Å². The second-order valence-electron chi connectivity index (χ2n) is 4.28. The van der Waals surface area contributed by atoms with E-state index in [0.29, 0.717) is 30.1 Å². The Balaban J connectivity index is 2.39. The summed E-state index contributed by atoms with van der Waals surface area (Å²) in [6.45, 7) is 2.90. The number of hydrogen-bond acceptors (Lipinski definition) is 4. The highest BCUT2D eigenvalue weighted by atomic mass is 79.9. The maximum Gasteiger partial charge on any atom is 0.266 e. The standard InChI is InChI=1S/C14H14BrN3OS/c1-2-18(7-3-6-16)14(19)13-12(17)10-8-9(15)4-5-11(10)20-13/h4-5,8H,2-3,7,17H2,1H3. The summed E-state index contributed by atoms with van der Waals surface area (Å²) in [6, 6.07) is 7.86. The molecule has 0 aliphatic rings. The second-order valence-corrected chi connectivity index (χ2v) is 6.25. The quantitative estimate of drug-likeness (QED) is 0.914. The number of nitrogen functional groups attached to an aromatic ring is 1. The first-order valence-corrected chi connectivity index (χ1v) is 7.83. The van der Waals surface area contributed by atoms with E-state index in [1.807, 2.05) is 25.1 Å². The van der Waals surface area contributed by atoms with E-state index in [1.54, 1.807) is 4.90 Å². The Morgan fingerprint density at radius 2 is 2.30 bits per heavy atom. The van der Waals surface area contributed by atoms with Crippen LogP contribution in [0.1, 0.15) is 23.0 Å². The Kier molecular flexibility index (Phi) is 4.63. The summed E-state index contributed by atoms with van der Waals surface area (Å²) in [5, 5.41) is 9.54. The van der Waals surface area contributed by atoms with Crippen molar-refractivity contribution in [1.29, 1.82) is 5.26 Å². The third-order valence-corrected chi connectivity index (χ3v) is 4.71. The summed E-state index contributed by atoms with van der Waals surface area (Å²) in [7, 11) is 0. The Morgan fingerprint density at radius 1 is 1.55 bits per heavy atom. The normalized spacial score (nSPS) is 10.4. The number of thiophene rings is 1. The van der Waals surface area contributed by atoms with Gasteiger partial charge in [-0.2, -0.15) is 5.26 Å². The largest absolute Gasteiger partial charge is 0.397 e. The van der Waals surface area contributed by atoms with E-state index in [0.717, 1.165) is 14.6 Å². The molecule has 6 heteroatoms. The second kappa shape index (κ2) is 6.25. The predicted molar refractivity (Wildman–Crippen MR) is 85.7 cm³/mol. The molecule has 4 nitrogen and oxygen atoms in total. The number of fused-ring (bicyclic) bond motifs is 1. The molecule has 1 aromatic heterocycles. The molecule has 0 fully saturated rings. The molecule has 1 heterocycles.